The Balaban J connectivity index is 1.93. The van der Waals surface area contributed by atoms with Gasteiger partial charge in [0.15, 0.2) is 5.78 Å². The second-order valence-electron chi connectivity index (χ2n) is 6.42. The molecule has 0 amide bonds. The number of ether oxygens (including phenoxy) is 1. The maximum Gasteiger partial charge on any atom is 0.316 e. The second kappa shape index (κ2) is 7.83. The van der Waals surface area contributed by atoms with Crippen molar-refractivity contribution in [3.63, 3.8) is 0 Å². The van der Waals surface area contributed by atoms with Crippen LogP contribution in [0.2, 0.25) is 0 Å². The number of esters is 1. The first-order chi connectivity index (χ1) is 12.5. The molecule has 1 N–H and O–H groups in total. The van der Waals surface area contributed by atoms with Crippen LogP contribution in [0.1, 0.15) is 44.8 Å². The lowest BCUT2D eigenvalue weighted by Crippen LogP contribution is -2.31. The Hall–Kier alpha value is -2.46. The van der Waals surface area contributed by atoms with Gasteiger partial charge in [-0.15, -0.1) is 0 Å². The molecule has 26 heavy (non-hydrogen) atoms. The van der Waals surface area contributed by atoms with Crippen LogP contribution in [0.15, 0.2) is 44.7 Å². The molecule has 0 saturated heterocycles. The minimum absolute atomic E-state index is 0.0381. The number of carbonyl (C=O) groups is 2. The topological polar surface area (TPSA) is 92.3 Å². The fourth-order valence-corrected chi connectivity index (χ4v) is 4.05. The number of allylic oxidation sites excluding steroid dienone is 3. The summed E-state index contributed by atoms with van der Waals surface area (Å²) in [5.41, 5.74) is 1.83. The van der Waals surface area contributed by atoms with E-state index < -0.39 is 5.92 Å². The second-order valence-corrected chi connectivity index (χ2v) is 7.41. The van der Waals surface area contributed by atoms with Crippen molar-refractivity contribution in [2.75, 3.05) is 5.75 Å². The molecule has 136 valence electrons. The minimum Gasteiger partial charge on any atom is -0.468 e. The van der Waals surface area contributed by atoms with Crippen LogP contribution >= 0.6 is 11.8 Å². The maximum absolute atomic E-state index is 12.5. The molecular formula is C19H20N2O4S. The number of hydrogen-bond donors (Lipinski definition) is 1. The van der Waals surface area contributed by atoms with Crippen molar-refractivity contribution in [3.8, 4) is 6.07 Å². The highest BCUT2D eigenvalue weighted by Crippen LogP contribution is 2.44. The first kappa shape index (κ1) is 18.3. The quantitative estimate of drug-likeness (QED) is 0.792. The maximum atomic E-state index is 12.5. The third kappa shape index (κ3) is 3.70. The van der Waals surface area contributed by atoms with E-state index in [9.17, 15) is 14.9 Å². The summed E-state index contributed by atoms with van der Waals surface area (Å²) < 4.78 is 10.7. The van der Waals surface area contributed by atoms with Gasteiger partial charge in [-0.3, -0.25) is 9.59 Å². The molecule has 1 aliphatic carbocycles. The number of nitrogens with zero attached hydrogens (tertiary/aromatic N) is 1. The molecule has 0 radical (unpaired) electrons. The van der Waals surface area contributed by atoms with Crippen LogP contribution in [-0.2, 0) is 14.3 Å². The van der Waals surface area contributed by atoms with Crippen LogP contribution in [0.25, 0.3) is 0 Å². The lowest BCUT2D eigenvalue weighted by atomic mass is 9.79. The summed E-state index contributed by atoms with van der Waals surface area (Å²) in [5.74, 6) is -0.175. The Bertz CT molecular complexity index is 815. The Labute approximate surface area is 156 Å². The fourth-order valence-electron chi connectivity index (χ4n) is 3.21. The average molecular weight is 372 g/mol. The van der Waals surface area contributed by atoms with Crippen LogP contribution in [0.3, 0.4) is 0 Å². The summed E-state index contributed by atoms with van der Waals surface area (Å²) >= 11 is 1.22. The number of thioether (sulfide) groups is 1. The Morgan fingerprint density at radius 3 is 2.96 bits per heavy atom. The largest absolute Gasteiger partial charge is 0.468 e. The molecular weight excluding hydrogens is 352 g/mol. The molecule has 1 unspecified atom stereocenters. The monoisotopic (exact) mass is 372 g/mol. The third-order valence-electron chi connectivity index (χ3n) is 4.19. The van der Waals surface area contributed by atoms with E-state index in [1.165, 1.54) is 18.0 Å². The number of nitrogens with one attached hydrogen (secondary N) is 1. The van der Waals surface area contributed by atoms with E-state index in [1.807, 2.05) is 0 Å². The van der Waals surface area contributed by atoms with Crippen molar-refractivity contribution >= 4 is 23.5 Å². The van der Waals surface area contributed by atoms with Gasteiger partial charge in [-0.05, 0) is 38.8 Å². The molecule has 2 aliphatic rings. The number of Topliss-reactive ketones (excluding diaryl/α,β-unsaturated/α-hetero) is 1. The lowest BCUT2D eigenvalue weighted by Gasteiger charge is -2.32. The van der Waals surface area contributed by atoms with E-state index in [2.05, 4.69) is 11.4 Å². The zero-order valence-electron chi connectivity index (χ0n) is 14.7. The number of hydrogen-bond acceptors (Lipinski definition) is 7. The molecule has 1 atom stereocenters. The van der Waals surface area contributed by atoms with Gasteiger partial charge in [0, 0.05) is 17.7 Å². The molecule has 7 heteroatoms. The highest BCUT2D eigenvalue weighted by molar-refractivity contribution is 8.03. The van der Waals surface area contributed by atoms with E-state index in [4.69, 9.17) is 9.15 Å². The molecule has 6 nitrogen and oxygen atoms in total. The van der Waals surface area contributed by atoms with Gasteiger partial charge in [-0.25, -0.2) is 0 Å². The molecule has 0 saturated carbocycles. The highest BCUT2D eigenvalue weighted by atomic mass is 32.2. The number of ketones is 1. The first-order valence-corrected chi connectivity index (χ1v) is 9.53. The first-order valence-electron chi connectivity index (χ1n) is 8.54. The van der Waals surface area contributed by atoms with Crippen LogP contribution in [0.4, 0.5) is 0 Å². The number of furan rings is 1. The molecule has 3 rings (SSSR count). The van der Waals surface area contributed by atoms with Crippen molar-refractivity contribution in [1.29, 1.82) is 5.26 Å². The predicted octanol–water partition coefficient (Wildman–Crippen LogP) is 3.39. The van der Waals surface area contributed by atoms with Crippen LogP contribution in [0, 0.1) is 11.3 Å². The third-order valence-corrected chi connectivity index (χ3v) is 5.18. The van der Waals surface area contributed by atoms with Crippen LogP contribution in [-0.4, -0.2) is 23.6 Å². The van der Waals surface area contributed by atoms with Crippen molar-refractivity contribution in [3.05, 3.63) is 46.0 Å². The molecule has 0 fully saturated rings. The van der Waals surface area contributed by atoms with Crippen LogP contribution < -0.4 is 5.32 Å². The van der Waals surface area contributed by atoms with Gasteiger partial charge in [0.1, 0.15) is 5.76 Å². The zero-order chi connectivity index (χ0) is 18.7. The van der Waals surface area contributed by atoms with E-state index in [0.717, 1.165) is 18.5 Å². The van der Waals surface area contributed by atoms with Crippen LogP contribution in [0.5, 0.6) is 0 Å². The summed E-state index contributed by atoms with van der Waals surface area (Å²) in [4.78, 5) is 24.4. The van der Waals surface area contributed by atoms with Gasteiger partial charge in [0.05, 0.1) is 40.7 Å². The SMILES string of the molecule is CC(C)OC(=O)CSC1=C(C#N)C(c2ccco2)C2=C(CCCC2=O)N1. The molecule has 1 aromatic heterocycles. The Morgan fingerprint density at radius 2 is 2.31 bits per heavy atom. The number of carbonyl (C=O) groups excluding carboxylic acids is 2. The van der Waals surface area contributed by atoms with Gasteiger partial charge in [0.25, 0.3) is 0 Å². The zero-order valence-corrected chi connectivity index (χ0v) is 15.5. The molecule has 0 bridgehead atoms. The molecule has 0 aromatic carbocycles. The number of dihydropyridines is 1. The van der Waals surface area contributed by atoms with E-state index >= 15 is 0 Å². The Kier molecular flexibility index (Phi) is 5.52. The number of nitriles is 1. The smallest absolute Gasteiger partial charge is 0.316 e. The molecule has 2 heterocycles. The standard InChI is InChI=1S/C19H20N2O4S/c1-11(2)25-16(23)10-26-19-12(9-20)17(15-7-4-8-24-15)18-13(21-19)5-3-6-14(18)22/h4,7-8,11,17,21H,3,5-6,10H2,1-2H3. The molecule has 0 spiro atoms. The van der Waals surface area contributed by atoms with Gasteiger partial charge in [-0.1, -0.05) is 11.8 Å². The Morgan fingerprint density at radius 1 is 1.50 bits per heavy atom. The summed E-state index contributed by atoms with van der Waals surface area (Å²) in [5, 5.41) is 13.6. The molecule has 1 aromatic rings. The van der Waals surface area contributed by atoms with E-state index in [0.29, 0.717) is 28.4 Å². The van der Waals surface area contributed by atoms with E-state index in [-0.39, 0.29) is 23.6 Å². The van der Waals surface area contributed by atoms with Crippen molar-refractivity contribution in [1.82, 2.24) is 5.32 Å². The predicted molar refractivity (Wildman–Crippen MR) is 96.8 cm³/mol. The normalized spacial score (nSPS) is 19.9. The van der Waals surface area contributed by atoms with Gasteiger partial charge in [0.2, 0.25) is 0 Å². The summed E-state index contributed by atoms with van der Waals surface area (Å²) in [7, 11) is 0. The molecule has 1 aliphatic heterocycles. The van der Waals surface area contributed by atoms with Gasteiger partial charge >= 0.3 is 5.97 Å². The summed E-state index contributed by atoms with van der Waals surface area (Å²) in [6.07, 6.45) is 3.32. The van der Waals surface area contributed by atoms with E-state index in [1.54, 1.807) is 26.0 Å². The van der Waals surface area contributed by atoms with Crippen molar-refractivity contribution in [2.24, 2.45) is 0 Å². The van der Waals surface area contributed by atoms with Gasteiger partial charge in [-0.2, -0.15) is 5.26 Å². The summed E-state index contributed by atoms with van der Waals surface area (Å²) in [6, 6.07) is 5.72. The van der Waals surface area contributed by atoms with Gasteiger partial charge < -0.3 is 14.5 Å². The minimum atomic E-state index is -0.525. The van der Waals surface area contributed by atoms with Crippen molar-refractivity contribution < 1.29 is 18.7 Å². The highest BCUT2D eigenvalue weighted by Gasteiger charge is 2.38. The van der Waals surface area contributed by atoms with Crippen molar-refractivity contribution in [2.45, 2.75) is 45.1 Å². The fraction of sp³-hybridized carbons (Fsp3) is 0.421. The lowest BCUT2D eigenvalue weighted by molar-refractivity contribution is -0.144. The number of rotatable bonds is 5. The average Bonchev–Trinajstić information content (AvgIpc) is 3.12. The summed E-state index contributed by atoms with van der Waals surface area (Å²) in [6.45, 7) is 3.58.